The number of ether oxygens (including phenoxy) is 1. The third-order valence-corrected chi connectivity index (χ3v) is 4.65. The van der Waals surface area contributed by atoms with Crippen molar-refractivity contribution in [2.24, 2.45) is 7.05 Å². The minimum atomic E-state index is 0.0161. The van der Waals surface area contributed by atoms with Gasteiger partial charge in [0.05, 0.1) is 0 Å². The Kier molecular flexibility index (Phi) is 4.76. The van der Waals surface area contributed by atoms with E-state index in [2.05, 4.69) is 15.5 Å². The van der Waals surface area contributed by atoms with Crippen molar-refractivity contribution < 1.29 is 9.53 Å². The van der Waals surface area contributed by atoms with Gasteiger partial charge in [-0.05, 0) is 37.5 Å². The van der Waals surface area contributed by atoms with Gasteiger partial charge in [0.2, 0.25) is 5.91 Å². The smallest absolute Gasteiger partial charge is 0.217 e. The summed E-state index contributed by atoms with van der Waals surface area (Å²) in [4.78, 5) is 11.1. The summed E-state index contributed by atoms with van der Waals surface area (Å²) in [7, 11) is 1.95. The fourth-order valence-electron chi connectivity index (χ4n) is 2.96. The van der Waals surface area contributed by atoms with Gasteiger partial charge >= 0.3 is 0 Å². The van der Waals surface area contributed by atoms with E-state index >= 15 is 0 Å². The highest BCUT2D eigenvalue weighted by Crippen LogP contribution is 2.36. The summed E-state index contributed by atoms with van der Waals surface area (Å²) in [6.45, 7) is 3.86. The van der Waals surface area contributed by atoms with Crippen molar-refractivity contribution in [1.82, 2.24) is 20.1 Å². The van der Waals surface area contributed by atoms with E-state index in [4.69, 9.17) is 16.3 Å². The minimum absolute atomic E-state index is 0.0161. The van der Waals surface area contributed by atoms with Gasteiger partial charge in [0.1, 0.15) is 18.2 Å². The number of hydrogen-bond acceptors (Lipinski definition) is 4. The van der Waals surface area contributed by atoms with Crippen molar-refractivity contribution in [2.45, 2.75) is 45.3 Å². The fraction of sp³-hybridized carbons (Fsp3) is 0.471. The molecule has 1 aromatic heterocycles. The first-order valence-electron chi connectivity index (χ1n) is 7.98. The van der Waals surface area contributed by atoms with Gasteiger partial charge in [-0.3, -0.25) is 4.79 Å². The van der Waals surface area contributed by atoms with Gasteiger partial charge in [-0.25, -0.2) is 0 Å². The van der Waals surface area contributed by atoms with Crippen LogP contribution in [0.5, 0.6) is 5.75 Å². The first kappa shape index (κ1) is 16.8. The van der Waals surface area contributed by atoms with Crippen LogP contribution in [0.1, 0.15) is 42.9 Å². The maximum atomic E-state index is 11.1. The highest BCUT2D eigenvalue weighted by molar-refractivity contribution is 6.30. The molecule has 7 heteroatoms. The largest absolute Gasteiger partial charge is 0.485 e. The molecule has 0 radical (unpaired) electrons. The van der Waals surface area contributed by atoms with Crippen molar-refractivity contribution in [3.8, 4) is 5.75 Å². The zero-order valence-corrected chi connectivity index (χ0v) is 14.8. The van der Waals surface area contributed by atoms with Crippen molar-refractivity contribution in [3.63, 3.8) is 0 Å². The summed E-state index contributed by atoms with van der Waals surface area (Å²) in [5.74, 6) is 2.81. The molecule has 1 saturated carbocycles. The second kappa shape index (κ2) is 6.81. The van der Waals surface area contributed by atoms with Crippen LogP contribution in [0.25, 0.3) is 0 Å². The molecule has 0 unspecified atom stereocenters. The normalized spacial score (nSPS) is 19.7. The van der Waals surface area contributed by atoms with E-state index in [1.165, 1.54) is 0 Å². The van der Waals surface area contributed by atoms with E-state index in [0.717, 1.165) is 35.8 Å². The van der Waals surface area contributed by atoms with Crippen LogP contribution < -0.4 is 10.1 Å². The highest BCUT2D eigenvalue weighted by Gasteiger charge is 2.34. The lowest BCUT2D eigenvalue weighted by atomic mass is 9.79. The molecule has 24 heavy (non-hydrogen) atoms. The summed E-state index contributed by atoms with van der Waals surface area (Å²) < 4.78 is 7.82. The van der Waals surface area contributed by atoms with Gasteiger partial charge in [0.15, 0.2) is 5.82 Å². The summed E-state index contributed by atoms with van der Waals surface area (Å²) in [5, 5.41) is 12.1. The topological polar surface area (TPSA) is 69.0 Å². The maximum absolute atomic E-state index is 11.1. The number of aromatic nitrogens is 3. The van der Waals surface area contributed by atoms with Gasteiger partial charge in [0, 0.05) is 31.0 Å². The summed E-state index contributed by atoms with van der Waals surface area (Å²) in [6, 6.07) is 5.82. The molecule has 1 amide bonds. The van der Waals surface area contributed by atoms with Crippen LogP contribution in [0.15, 0.2) is 18.2 Å². The number of rotatable bonds is 5. The summed E-state index contributed by atoms with van der Waals surface area (Å²) >= 11 is 6.01. The van der Waals surface area contributed by atoms with Crippen LogP contribution in [0.2, 0.25) is 5.02 Å². The second-order valence-corrected chi connectivity index (χ2v) is 6.73. The van der Waals surface area contributed by atoms with Crippen LogP contribution >= 0.6 is 11.6 Å². The van der Waals surface area contributed by atoms with E-state index in [9.17, 15) is 4.79 Å². The molecule has 1 N–H and O–H groups in total. The minimum Gasteiger partial charge on any atom is -0.485 e. The number of hydrogen-bond donors (Lipinski definition) is 1. The molecule has 1 aromatic carbocycles. The number of halogens is 1. The highest BCUT2D eigenvalue weighted by atomic mass is 35.5. The van der Waals surface area contributed by atoms with E-state index in [1.54, 1.807) is 13.0 Å². The van der Waals surface area contributed by atoms with E-state index < -0.39 is 0 Å². The van der Waals surface area contributed by atoms with E-state index in [-0.39, 0.29) is 11.9 Å². The Hall–Kier alpha value is -2.08. The molecule has 128 valence electrons. The number of benzene rings is 1. The molecule has 1 heterocycles. The van der Waals surface area contributed by atoms with Crippen molar-refractivity contribution in [3.05, 3.63) is 40.4 Å². The number of carbonyl (C=O) groups is 1. The second-order valence-electron chi connectivity index (χ2n) is 6.30. The Balaban J connectivity index is 1.61. The Labute approximate surface area is 146 Å². The molecule has 2 aromatic rings. The first-order valence-corrected chi connectivity index (χ1v) is 8.36. The molecule has 0 spiro atoms. The average Bonchev–Trinajstić information content (AvgIpc) is 2.84. The predicted molar refractivity (Wildman–Crippen MR) is 91.1 cm³/mol. The number of nitrogens with zero attached hydrogens (tertiary/aromatic N) is 3. The molecule has 6 nitrogen and oxygen atoms in total. The lowest BCUT2D eigenvalue weighted by Crippen LogP contribution is -2.43. The zero-order chi connectivity index (χ0) is 17.3. The Morgan fingerprint density at radius 3 is 2.88 bits per heavy atom. The molecule has 0 atom stereocenters. The fourth-order valence-corrected chi connectivity index (χ4v) is 3.12. The molecular weight excluding hydrogens is 328 g/mol. The third kappa shape index (κ3) is 3.53. The van der Waals surface area contributed by atoms with Crippen molar-refractivity contribution in [1.29, 1.82) is 0 Å². The SMILES string of the molecule is CC(=O)NC1CC(c2nnc(COc3cc(Cl)ccc3C)n2C)C1. The quantitative estimate of drug-likeness (QED) is 0.902. The Morgan fingerprint density at radius 1 is 1.42 bits per heavy atom. The van der Waals surface area contributed by atoms with Crippen LogP contribution in [0.4, 0.5) is 0 Å². The molecule has 0 saturated heterocycles. The molecule has 1 aliphatic rings. The molecule has 0 bridgehead atoms. The number of carbonyl (C=O) groups excluding carboxylic acids is 1. The predicted octanol–water partition coefficient (Wildman–Crippen LogP) is 2.74. The summed E-state index contributed by atoms with van der Waals surface area (Å²) in [5.41, 5.74) is 1.03. The van der Waals surface area contributed by atoms with Crippen LogP contribution in [-0.2, 0) is 18.4 Å². The average molecular weight is 349 g/mol. The monoisotopic (exact) mass is 348 g/mol. The Bertz CT molecular complexity index is 753. The summed E-state index contributed by atoms with van der Waals surface area (Å²) in [6.07, 6.45) is 1.81. The molecule has 0 aliphatic heterocycles. The van der Waals surface area contributed by atoms with Crippen LogP contribution in [-0.4, -0.2) is 26.7 Å². The number of aryl methyl sites for hydroxylation is 1. The van der Waals surface area contributed by atoms with E-state index in [1.807, 2.05) is 30.7 Å². The van der Waals surface area contributed by atoms with Gasteiger partial charge in [-0.2, -0.15) is 0 Å². The van der Waals surface area contributed by atoms with Gasteiger partial charge in [0.25, 0.3) is 0 Å². The standard InChI is InChI=1S/C17H21ClN4O2/c1-10-4-5-13(18)8-15(10)24-9-16-20-21-17(22(16)3)12-6-14(7-12)19-11(2)23/h4-5,8,12,14H,6-7,9H2,1-3H3,(H,19,23). The van der Waals surface area contributed by atoms with Gasteiger partial charge in [-0.1, -0.05) is 17.7 Å². The lowest BCUT2D eigenvalue weighted by Gasteiger charge is -2.34. The van der Waals surface area contributed by atoms with Gasteiger partial charge < -0.3 is 14.6 Å². The lowest BCUT2D eigenvalue weighted by molar-refractivity contribution is -0.120. The first-order chi connectivity index (χ1) is 11.4. The maximum Gasteiger partial charge on any atom is 0.217 e. The van der Waals surface area contributed by atoms with Gasteiger partial charge in [-0.15, -0.1) is 10.2 Å². The molecule has 3 rings (SSSR count). The third-order valence-electron chi connectivity index (χ3n) is 4.42. The Morgan fingerprint density at radius 2 is 2.17 bits per heavy atom. The van der Waals surface area contributed by atoms with Crippen molar-refractivity contribution in [2.75, 3.05) is 0 Å². The number of amides is 1. The van der Waals surface area contributed by atoms with Crippen molar-refractivity contribution >= 4 is 17.5 Å². The van der Waals surface area contributed by atoms with Crippen LogP contribution in [0.3, 0.4) is 0 Å². The molecule has 1 aliphatic carbocycles. The number of nitrogens with one attached hydrogen (secondary N) is 1. The molecular formula is C17H21ClN4O2. The van der Waals surface area contributed by atoms with E-state index in [0.29, 0.717) is 17.5 Å². The van der Waals surface area contributed by atoms with Crippen LogP contribution in [0, 0.1) is 6.92 Å². The molecule has 1 fully saturated rings. The zero-order valence-electron chi connectivity index (χ0n) is 14.0.